The van der Waals surface area contributed by atoms with Crippen molar-refractivity contribution in [2.24, 2.45) is 5.92 Å². The molecule has 0 spiro atoms. The number of carboxylic acid groups (broad SMARTS) is 1. The Labute approximate surface area is 177 Å². The number of nitrogens with zero attached hydrogens (tertiary/aromatic N) is 2. The Balaban J connectivity index is 1.64. The van der Waals surface area contributed by atoms with Gasteiger partial charge >= 0.3 is 5.97 Å². The highest BCUT2D eigenvalue weighted by Gasteiger charge is 2.25. The quantitative estimate of drug-likeness (QED) is 0.489. The number of carbonyl (C=O) groups is 1. The number of hydrogen-bond acceptors (Lipinski definition) is 4. The van der Waals surface area contributed by atoms with Gasteiger partial charge < -0.3 is 9.67 Å². The van der Waals surface area contributed by atoms with Crippen LogP contribution in [0, 0.1) is 5.92 Å². The summed E-state index contributed by atoms with van der Waals surface area (Å²) in [5.74, 6) is -0.574. The first-order valence-electron chi connectivity index (χ1n) is 9.99. The summed E-state index contributed by atoms with van der Waals surface area (Å²) in [6.45, 7) is 0.465. The molecule has 4 aromatic rings. The molecule has 1 saturated carbocycles. The summed E-state index contributed by atoms with van der Waals surface area (Å²) in [6, 6.07) is 18.2. The molecule has 0 amide bonds. The van der Waals surface area contributed by atoms with Crippen LogP contribution in [0.4, 0.5) is 0 Å². The minimum atomic E-state index is -1.22. The van der Waals surface area contributed by atoms with E-state index in [1.54, 1.807) is 0 Å². The molecule has 0 atom stereocenters. The van der Waals surface area contributed by atoms with Gasteiger partial charge in [-0.2, -0.15) is 0 Å². The van der Waals surface area contributed by atoms with Crippen LogP contribution < -0.4 is 5.43 Å². The standard InChI is InChI=1S/C24H20N2O3S/c27-22-19(24(28)29)14-26(23-21(22)25-20(30-23)12-15-10-11-15)13-17-8-4-5-9-18(17)16-6-2-1-3-7-16/h1-9,14-15H,10-13H2,(H,28,29). The first-order chi connectivity index (χ1) is 14.6. The van der Waals surface area contributed by atoms with Crippen LogP contribution >= 0.6 is 11.3 Å². The molecule has 2 aromatic heterocycles. The lowest BCUT2D eigenvalue weighted by atomic mass is 9.99. The van der Waals surface area contributed by atoms with Gasteiger partial charge in [0.15, 0.2) is 0 Å². The molecule has 0 saturated heterocycles. The van der Waals surface area contributed by atoms with E-state index in [9.17, 15) is 14.7 Å². The maximum atomic E-state index is 12.7. The van der Waals surface area contributed by atoms with E-state index in [0.717, 1.165) is 32.9 Å². The minimum absolute atomic E-state index is 0.233. The molecule has 2 heterocycles. The molecule has 1 N–H and O–H groups in total. The minimum Gasteiger partial charge on any atom is -0.477 e. The van der Waals surface area contributed by atoms with Crippen molar-refractivity contribution in [3.05, 3.63) is 87.2 Å². The molecular weight excluding hydrogens is 396 g/mol. The van der Waals surface area contributed by atoms with Gasteiger partial charge in [0.25, 0.3) is 0 Å². The van der Waals surface area contributed by atoms with Crippen molar-refractivity contribution < 1.29 is 9.90 Å². The van der Waals surface area contributed by atoms with E-state index < -0.39 is 11.4 Å². The van der Waals surface area contributed by atoms with Crippen LogP contribution in [0.15, 0.2) is 65.6 Å². The highest BCUT2D eigenvalue weighted by Crippen LogP contribution is 2.35. The highest BCUT2D eigenvalue weighted by molar-refractivity contribution is 7.18. The van der Waals surface area contributed by atoms with Crippen LogP contribution in [0.25, 0.3) is 21.5 Å². The number of hydrogen-bond donors (Lipinski definition) is 1. The zero-order valence-electron chi connectivity index (χ0n) is 16.2. The molecule has 0 radical (unpaired) electrons. The van der Waals surface area contributed by atoms with E-state index in [0.29, 0.717) is 12.5 Å². The van der Waals surface area contributed by atoms with Gasteiger partial charge in [-0.25, -0.2) is 9.78 Å². The Morgan fingerprint density at radius 2 is 1.83 bits per heavy atom. The lowest BCUT2D eigenvalue weighted by Crippen LogP contribution is -2.19. The number of pyridine rings is 1. The third kappa shape index (κ3) is 3.55. The summed E-state index contributed by atoms with van der Waals surface area (Å²) in [5.41, 5.74) is 2.79. The van der Waals surface area contributed by atoms with Crippen molar-refractivity contribution in [1.29, 1.82) is 0 Å². The highest BCUT2D eigenvalue weighted by atomic mass is 32.1. The molecule has 2 aromatic carbocycles. The molecule has 5 rings (SSSR count). The van der Waals surface area contributed by atoms with Gasteiger partial charge in [-0.3, -0.25) is 4.79 Å². The number of aromatic nitrogens is 2. The Morgan fingerprint density at radius 3 is 2.57 bits per heavy atom. The molecule has 150 valence electrons. The van der Waals surface area contributed by atoms with Crippen LogP contribution in [0.3, 0.4) is 0 Å². The van der Waals surface area contributed by atoms with Crippen molar-refractivity contribution in [2.45, 2.75) is 25.8 Å². The van der Waals surface area contributed by atoms with Gasteiger partial charge in [0, 0.05) is 19.2 Å². The predicted octanol–water partition coefficient (Wildman–Crippen LogP) is 4.82. The van der Waals surface area contributed by atoms with Gasteiger partial charge in [-0.1, -0.05) is 54.6 Å². The van der Waals surface area contributed by atoms with Gasteiger partial charge in [-0.15, -0.1) is 11.3 Å². The number of carboxylic acids is 1. The lowest BCUT2D eigenvalue weighted by molar-refractivity contribution is 0.0695. The molecule has 1 aliphatic rings. The number of benzene rings is 2. The second-order valence-electron chi connectivity index (χ2n) is 7.74. The number of rotatable bonds is 6. The fourth-order valence-electron chi connectivity index (χ4n) is 3.77. The third-order valence-electron chi connectivity index (χ3n) is 5.49. The Bertz CT molecular complexity index is 1300. The van der Waals surface area contributed by atoms with Gasteiger partial charge in [-0.05, 0) is 35.4 Å². The molecule has 0 bridgehead atoms. The SMILES string of the molecule is O=C(O)c1cn(Cc2ccccc2-c2ccccc2)c2sc(CC3CC3)nc2c1=O. The fraction of sp³-hybridized carbons (Fsp3) is 0.208. The predicted molar refractivity (Wildman–Crippen MR) is 118 cm³/mol. The summed E-state index contributed by atoms with van der Waals surface area (Å²) in [7, 11) is 0. The topological polar surface area (TPSA) is 72.2 Å². The maximum Gasteiger partial charge on any atom is 0.341 e. The largest absolute Gasteiger partial charge is 0.477 e. The normalized spacial score (nSPS) is 13.6. The van der Waals surface area contributed by atoms with Crippen molar-refractivity contribution in [3.63, 3.8) is 0 Å². The average Bonchev–Trinajstić information content (AvgIpc) is 3.46. The maximum absolute atomic E-state index is 12.7. The van der Waals surface area contributed by atoms with Crippen molar-refractivity contribution in [2.75, 3.05) is 0 Å². The molecular formula is C24H20N2O3S. The van der Waals surface area contributed by atoms with Crippen LogP contribution in [0.5, 0.6) is 0 Å². The third-order valence-corrected chi connectivity index (χ3v) is 6.61. The van der Waals surface area contributed by atoms with Crippen LogP contribution in [-0.2, 0) is 13.0 Å². The molecule has 5 nitrogen and oxygen atoms in total. The summed E-state index contributed by atoms with van der Waals surface area (Å²) in [5, 5.41) is 10.5. The number of aromatic carboxylic acids is 1. The average molecular weight is 417 g/mol. The van der Waals surface area contributed by atoms with Crippen LogP contribution in [0.1, 0.15) is 33.8 Å². The monoisotopic (exact) mass is 416 g/mol. The first kappa shape index (κ1) is 18.8. The lowest BCUT2D eigenvalue weighted by Gasteiger charge is -2.13. The molecule has 30 heavy (non-hydrogen) atoms. The van der Waals surface area contributed by atoms with E-state index in [2.05, 4.69) is 23.2 Å². The zero-order chi connectivity index (χ0) is 20.7. The number of fused-ring (bicyclic) bond motifs is 1. The van der Waals surface area contributed by atoms with Crippen molar-refractivity contribution >= 4 is 27.7 Å². The Morgan fingerprint density at radius 1 is 1.10 bits per heavy atom. The van der Waals surface area contributed by atoms with Crippen molar-refractivity contribution in [1.82, 2.24) is 9.55 Å². The molecule has 1 aliphatic carbocycles. The van der Waals surface area contributed by atoms with Gasteiger partial charge in [0.2, 0.25) is 5.43 Å². The summed E-state index contributed by atoms with van der Waals surface area (Å²) in [6.07, 6.45) is 4.73. The van der Waals surface area contributed by atoms with Crippen LogP contribution in [0.2, 0.25) is 0 Å². The second kappa shape index (κ2) is 7.54. The molecule has 0 aliphatic heterocycles. The van der Waals surface area contributed by atoms with Crippen LogP contribution in [-0.4, -0.2) is 20.6 Å². The number of thiazole rings is 1. The van der Waals surface area contributed by atoms with E-state index in [-0.39, 0.29) is 11.1 Å². The molecule has 1 fully saturated rings. The molecule has 0 unspecified atom stereocenters. The van der Waals surface area contributed by atoms with Gasteiger partial charge in [0.05, 0.1) is 5.01 Å². The second-order valence-corrected chi connectivity index (χ2v) is 8.80. The molecule has 6 heteroatoms. The smallest absolute Gasteiger partial charge is 0.341 e. The van der Waals surface area contributed by atoms with Gasteiger partial charge in [0.1, 0.15) is 15.9 Å². The summed E-state index contributed by atoms with van der Waals surface area (Å²) in [4.78, 5) is 29.7. The van der Waals surface area contributed by atoms with E-state index in [1.807, 2.05) is 41.0 Å². The summed E-state index contributed by atoms with van der Waals surface area (Å²) >= 11 is 1.51. The summed E-state index contributed by atoms with van der Waals surface area (Å²) < 4.78 is 1.87. The van der Waals surface area contributed by atoms with E-state index in [4.69, 9.17) is 0 Å². The first-order valence-corrected chi connectivity index (χ1v) is 10.8. The fourth-order valence-corrected chi connectivity index (χ4v) is 4.91. The zero-order valence-corrected chi connectivity index (χ0v) is 17.1. The van der Waals surface area contributed by atoms with Crippen molar-refractivity contribution in [3.8, 4) is 11.1 Å². The van der Waals surface area contributed by atoms with E-state index >= 15 is 0 Å². The Hall–Kier alpha value is -3.25. The van der Waals surface area contributed by atoms with E-state index in [1.165, 1.54) is 30.4 Å². The Kier molecular flexibility index (Phi) is 4.71.